The Balaban J connectivity index is 1.26. The summed E-state index contributed by atoms with van der Waals surface area (Å²) in [5.74, 6) is 2.13. The SMILES string of the molecule is COc1cc(Nc2nccc(Nc3cnc4cc(C(F)(F)F)ccc4c3)n2)ccc1OC1CC(N(C)C)C1. The Bertz CT molecular complexity index is 1440. The van der Waals surface area contributed by atoms with Crippen LogP contribution in [0, 0.1) is 0 Å². The number of hydrogen-bond donors (Lipinski definition) is 2. The van der Waals surface area contributed by atoms with E-state index in [0.29, 0.717) is 40.4 Å². The minimum atomic E-state index is -4.42. The normalized spacial score (nSPS) is 17.2. The maximum absolute atomic E-state index is 13.0. The standard InChI is InChI=1S/C27H27F3N6O2/c1-36(2)20-13-21(14-20)38-23-7-6-18(12-24(23)37-3)34-26-31-9-8-25(35-26)33-19-10-16-4-5-17(27(28,29)30)11-22(16)32-15-19/h4-12,15,20-21H,13-14H2,1-3H3,(H2,31,33,34,35). The van der Waals surface area contributed by atoms with Crippen LogP contribution in [0.15, 0.2) is 60.9 Å². The van der Waals surface area contributed by atoms with Crippen LogP contribution in [0.25, 0.3) is 10.9 Å². The zero-order valence-corrected chi connectivity index (χ0v) is 21.1. The van der Waals surface area contributed by atoms with Crippen molar-refractivity contribution in [1.29, 1.82) is 0 Å². The lowest BCUT2D eigenvalue weighted by Gasteiger charge is -2.39. The number of rotatable bonds is 8. The molecule has 0 spiro atoms. The third-order valence-corrected chi connectivity index (χ3v) is 6.45. The summed E-state index contributed by atoms with van der Waals surface area (Å²) in [7, 11) is 5.74. The first-order valence-electron chi connectivity index (χ1n) is 12.0. The highest BCUT2D eigenvalue weighted by atomic mass is 19.4. The number of pyridine rings is 1. The van der Waals surface area contributed by atoms with E-state index in [-0.39, 0.29) is 11.6 Å². The fraction of sp³-hybridized carbons (Fsp3) is 0.296. The lowest BCUT2D eigenvalue weighted by Crippen LogP contribution is -2.46. The van der Waals surface area contributed by atoms with Crippen LogP contribution in [0.2, 0.25) is 0 Å². The van der Waals surface area contributed by atoms with E-state index in [2.05, 4.69) is 44.6 Å². The Morgan fingerprint density at radius 3 is 2.47 bits per heavy atom. The van der Waals surface area contributed by atoms with Gasteiger partial charge in [0, 0.05) is 29.4 Å². The van der Waals surface area contributed by atoms with Gasteiger partial charge in [-0.2, -0.15) is 18.2 Å². The zero-order chi connectivity index (χ0) is 26.9. The highest BCUT2D eigenvalue weighted by Gasteiger charge is 2.33. The maximum atomic E-state index is 13.0. The first-order chi connectivity index (χ1) is 18.2. The molecular formula is C27H27F3N6O2. The fourth-order valence-corrected chi connectivity index (χ4v) is 4.21. The van der Waals surface area contributed by atoms with Crippen LogP contribution in [0.4, 0.5) is 36.3 Å². The number of ether oxygens (including phenoxy) is 2. The molecule has 2 aromatic carbocycles. The number of alkyl halides is 3. The molecule has 1 aliphatic rings. The van der Waals surface area contributed by atoms with E-state index in [9.17, 15) is 13.2 Å². The van der Waals surface area contributed by atoms with Gasteiger partial charge in [0.1, 0.15) is 11.9 Å². The van der Waals surface area contributed by atoms with Crippen molar-refractivity contribution >= 4 is 34.0 Å². The number of nitrogens with zero attached hydrogens (tertiary/aromatic N) is 4. The van der Waals surface area contributed by atoms with Gasteiger partial charge in [-0.1, -0.05) is 6.07 Å². The highest BCUT2D eigenvalue weighted by Crippen LogP contribution is 2.36. The average molecular weight is 525 g/mol. The molecular weight excluding hydrogens is 497 g/mol. The number of anilines is 4. The van der Waals surface area contributed by atoms with Gasteiger partial charge in [0.25, 0.3) is 0 Å². The summed E-state index contributed by atoms with van der Waals surface area (Å²) in [4.78, 5) is 15.1. The summed E-state index contributed by atoms with van der Waals surface area (Å²) >= 11 is 0. The number of fused-ring (bicyclic) bond motifs is 1. The molecule has 1 fully saturated rings. The quantitative estimate of drug-likeness (QED) is 0.290. The van der Waals surface area contributed by atoms with E-state index in [1.54, 1.807) is 25.4 Å². The van der Waals surface area contributed by atoms with Crippen molar-refractivity contribution in [3.05, 3.63) is 66.5 Å². The van der Waals surface area contributed by atoms with E-state index in [4.69, 9.17) is 9.47 Å². The Morgan fingerprint density at radius 2 is 1.74 bits per heavy atom. The molecule has 0 atom stereocenters. The van der Waals surface area contributed by atoms with Gasteiger partial charge in [-0.25, -0.2) is 4.98 Å². The molecule has 4 aromatic rings. The number of benzene rings is 2. The van der Waals surface area contributed by atoms with Gasteiger partial charge in [0.15, 0.2) is 11.5 Å². The maximum Gasteiger partial charge on any atom is 0.416 e. The molecule has 0 amide bonds. The number of hydrogen-bond acceptors (Lipinski definition) is 8. The summed E-state index contributed by atoms with van der Waals surface area (Å²) < 4.78 is 50.6. The summed E-state index contributed by atoms with van der Waals surface area (Å²) in [6, 6.07) is 12.9. The number of halogens is 3. The number of nitrogens with one attached hydrogen (secondary N) is 2. The van der Waals surface area contributed by atoms with Crippen molar-refractivity contribution in [2.45, 2.75) is 31.2 Å². The second-order valence-electron chi connectivity index (χ2n) is 9.34. The van der Waals surface area contributed by atoms with E-state index in [1.165, 1.54) is 12.3 Å². The molecule has 198 valence electrons. The van der Waals surface area contributed by atoms with Crippen molar-refractivity contribution < 1.29 is 22.6 Å². The Morgan fingerprint density at radius 1 is 0.921 bits per heavy atom. The average Bonchev–Trinajstić information content (AvgIpc) is 2.85. The lowest BCUT2D eigenvalue weighted by molar-refractivity contribution is -0.137. The molecule has 2 N–H and O–H groups in total. The molecule has 1 saturated carbocycles. The number of aromatic nitrogens is 3. The molecule has 38 heavy (non-hydrogen) atoms. The smallest absolute Gasteiger partial charge is 0.416 e. The van der Waals surface area contributed by atoms with Crippen LogP contribution in [0.3, 0.4) is 0 Å². The van der Waals surface area contributed by atoms with E-state index >= 15 is 0 Å². The van der Waals surface area contributed by atoms with Gasteiger partial charge in [-0.3, -0.25) is 4.98 Å². The van der Waals surface area contributed by atoms with Gasteiger partial charge < -0.3 is 25.0 Å². The van der Waals surface area contributed by atoms with Gasteiger partial charge in [-0.15, -0.1) is 0 Å². The van der Waals surface area contributed by atoms with Crippen molar-refractivity contribution in [2.75, 3.05) is 31.8 Å². The Kier molecular flexibility index (Phi) is 6.94. The highest BCUT2D eigenvalue weighted by molar-refractivity contribution is 5.83. The first-order valence-corrected chi connectivity index (χ1v) is 12.0. The Labute approximate surface area is 217 Å². The third kappa shape index (κ3) is 5.72. The van der Waals surface area contributed by atoms with Crippen LogP contribution in [0.5, 0.6) is 11.5 Å². The summed E-state index contributed by atoms with van der Waals surface area (Å²) in [5, 5.41) is 6.85. The fourth-order valence-electron chi connectivity index (χ4n) is 4.21. The van der Waals surface area contributed by atoms with Crippen molar-refractivity contribution in [2.24, 2.45) is 0 Å². The molecule has 0 radical (unpaired) electrons. The summed E-state index contributed by atoms with van der Waals surface area (Å²) in [6.45, 7) is 0. The van der Waals surface area contributed by atoms with Crippen LogP contribution in [-0.2, 0) is 6.18 Å². The molecule has 2 aromatic heterocycles. The first kappa shape index (κ1) is 25.5. The van der Waals surface area contributed by atoms with E-state index in [0.717, 1.165) is 30.7 Å². The second-order valence-corrected chi connectivity index (χ2v) is 9.34. The summed E-state index contributed by atoms with van der Waals surface area (Å²) in [5.41, 5.74) is 0.824. The molecule has 2 heterocycles. The van der Waals surface area contributed by atoms with Crippen LogP contribution in [0.1, 0.15) is 18.4 Å². The van der Waals surface area contributed by atoms with Gasteiger partial charge >= 0.3 is 6.18 Å². The topological polar surface area (TPSA) is 84.4 Å². The molecule has 0 aliphatic heterocycles. The van der Waals surface area contributed by atoms with Crippen molar-refractivity contribution in [3.63, 3.8) is 0 Å². The van der Waals surface area contributed by atoms with Gasteiger partial charge in [-0.05, 0) is 63.3 Å². The molecule has 0 saturated heterocycles. The monoisotopic (exact) mass is 524 g/mol. The van der Waals surface area contributed by atoms with Crippen molar-refractivity contribution in [1.82, 2.24) is 19.9 Å². The lowest BCUT2D eigenvalue weighted by atomic mass is 9.88. The van der Waals surface area contributed by atoms with Crippen LogP contribution < -0.4 is 20.1 Å². The van der Waals surface area contributed by atoms with Crippen LogP contribution >= 0.6 is 0 Å². The Hall–Kier alpha value is -4.12. The molecule has 11 heteroatoms. The minimum Gasteiger partial charge on any atom is -0.493 e. The molecule has 1 aliphatic carbocycles. The third-order valence-electron chi connectivity index (χ3n) is 6.45. The minimum absolute atomic E-state index is 0.164. The van der Waals surface area contributed by atoms with Gasteiger partial charge in [0.05, 0.1) is 30.1 Å². The predicted molar refractivity (Wildman–Crippen MR) is 139 cm³/mol. The van der Waals surface area contributed by atoms with E-state index < -0.39 is 11.7 Å². The largest absolute Gasteiger partial charge is 0.493 e. The summed E-state index contributed by atoms with van der Waals surface area (Å²) in [6.07, 6.45) is 0.757. The predicted octanol–water partition coefficient (Wildman–Crippen LogP) is 6.01. The molecule has 8 nitrogen and oxygen atoms in total. The van der Waals surface area contributed by atoms with Crippen LogP contribution in [-0.4, -0.2) is 53.2 Å². The van der Waals surface area contributed by atoms with Gasteiger partial charge in [0.2, 0.25) is 5.95 Å². The molecule has 5 rings (SSSR count). The molecule has 0 bridgehead atoms. The zero-order valence-electron chi connectivity index (χ0n) is 21.1. The number of methoxy groups -OCH3 is 1. The van der Waals surface area contributed by atoms with Crippen molar-refractivity contribution in [3.8, 4) is 11.5 Å². The van der Waals surface area contributed by atoms with E-state index in [1.807, 2.05) is 18.2 Å². The second kappa shape index (κ2) is 10.3. The molecule has 0 unspecified atom stereocenters.